The van der Waals surface area contributed by atoms with Gasteiger partial charge in [-0.3, -0.25) is 0 Å². The van der Waals surface area contributed by atoms with Gasteiger partial charge in [-0.2, -0.15) is 0 Å². The van der Waals surface area contributed by atoms with Gasteiger partial charge in [0.15, 0.2) is 0 Å². The predicted octanol–water partition coefficient (Wildman–Crippen LogP) is 6.29. The van der Waals surface area contributed by atoms with Gasteiger partial charge in [-0.15, -0.1) is 0 Å². The first-order chi connectivity index (χ1) is 7.58. The van der Waals surface area contributed by atoms with E-state index >= 15 is 0 Å². The second-order valence-electron chi connectivity index (χ2n) is 3.26. The van der Waals surface area contributed by atoms with E-state index in [-0.39, 0.29) is 0 Å². The summed E-state index contributed by atoms with van der Waals surface area (Å²) in [6, 6.07) is 12.0. The Morgan fingerprint density at radius 1 is 0.688 bits per heavy atom. The molecule has 2 aromatic carbocycles. The SMILES string of the molecule is Clc1cc(-c2ccc(Br)c(Br)c2)ccc1Br. The van der Waals surface area contributed by atoms with Crippen LogP contribution < -0.4 is 0 Å². The fraction of sp³-hybridized carbons (Fsp3) is 0. The largest absolute Gasteiger partial charge is 0.0831 e. The molecule has 0 heterocycles. The summed E-state index contributed by atoms with van der Waals surface area (Å²) in [6.07, 6.45) is 0. The highest BCUT2D eigenvalue weighted by molar-refractivity contribution is 9.13. The van der Waals surface area contributed by atoms with Gasteiger partial charge in [0.25, 0.3) is 0 Å². The van der Waals surface area contributed by atoms with E-state index in [1.54, 1.807) is 0 Å². The van der Waals surface area contributed by atoms with Gasteiger partial charge in [-0.25, -0.2) is 0 Å². The summed E-state index contributed by atoms with van der Waals surface area (Å²) in [5.74, 6) is 0. The Morgan fingerprint density at radius 2 is 1.25 bits per heavy atom. The first-order valence-corrected chi connectivity index (χ1v) is 7.24. The maximum atomic E-state index is 6.07. The van der Waals surface area contributed by atoms with Crippen LogP contribution in [-0.2, 0) is 0 Å². The Labute approximate surface area is 124 Å². The van der Waals surface area contributed by atoms with E-state index in [9.17, 15) is 0 Å². The average Bonchev–Trinajstić information content (AvgIpc) is 2.26. The van der Waals surface area contributed by atoms with Crippen molar-refractivity contribution in [1.82, 2.24) is 0 Å². The van der Waals surface area contributed by atoms with Crippen molar-refractivity contribution in [2.75, 3.05) is 0 Å². The molecule has 0 unspecified atom stereocenters. The summed E-state index contributed by atoms with van der Waals surface area (Å²) < 4.78 is 2.98. The molecule has 0 saturated heterocycles. The molecule has 4 heteroatoms. The zero-order chi connectivity index (χ0) is 11.7. The monoisotopic (exact) mass is 422 g/mol. The molecule has 0 aliphatic heterocycles. The van der Waals surface area contributed by atoms with E-state index in [0.29, 0.717) is 0 Å². The molecule has 0 aromatic heterocycles. The lowest BCUT2D eigenvalue weighted by atomic mass is 10.1. The van der Waals surface area contributed by atoms with Gasteiger partial charge in [-0.05, 0) is 83.2 Å². The topological polar surface area (TPSA) is 0 Å². The molecule has 0 N–H and O–H groups in total. The second-order valence-corrected chi connectivity index (χ2v) is 6.23. The summed E-state index contributed by atoms with van der Waals surface area (Å²) in [5.41, 5.74) is 2.23. The molecule has 0 saturated carbocycles. The van der Waals surface area contributed by atoms with E-state index in [1.165, 1.54) is 0 Å². The van der Waals surface area contributed by atoms with Gasteiger partial charge in [0.05, 0.1) is 5.02 Å². The number of halogens is 4. The molecular formula is C12H6Br3Cl. The van der Waals surface area contributed by atoms with E-state index in [0.717, 1.165) is 29.6 Å². The zero-order valence-corrected chi connectivity index (χ0v) is 13.5. The minimum atomic E-state index is 0.719. The molecule has 0 fully saturated rings. The van der Waals surface area contributed by atoms with Crippen molar-refractivity contribution in [2.24, 2.45) is 0 Å². The van der Waals surface area contributed by atoms with Gasteiger partial charge >= 0.3 is 0 Å². The highest BCUT2D eigenvalue weighted by atomic mass is 79.9. The highest BCUT2D eigenvalue weighted by Gasteiger charge is 2.04. The van der Waals surface area contributed by atoms with Crippen LogP contribution in [0.5, 0.6) is 0 Å². The molecule has 0 radical (unpaired) electrons. The zero-order valence-electron chi connectivity index (χ0n) is 7.98. The maximum Gasteiger partial charge on any atom is 0.0554 e. The molecule has 16 heavy (non-hydrogen) atoms. The van der Waals surface area contributed by atoms with E-state index in [2.05, 4.69) is 59.9 Å². The van der Waals surface area contributed by atoms with Gasteiger partial charge in [0.1, 0.15) is 0 Å². The number of benzene rings is 2. The van der Waals surface area contributed by atoms with E-state index < -0.39 is 0 Å². The summed E-state index contributed by atoms with van der Waals surface area (Å²) in [7, 11) is 0. The van der Waals surface area contributed by atoms with Crippen molar-refractivity contribution in [3.05, 3.63) is 54.8 Å². The van der Waals surface area contributed by atoms with Crippen molar-refractivity contribution in [1.29, 1.82) is 0 Å². The van der Waals surface area contributed by atoms with Gasteiger partial charge in [0.2, 0.25) is 0 Å². The molecule has 0 atom stereocenters. The maximum absolute atomic E-state index is 6.07. The van der Waals surface area contributed by atoms with Crippen molar-refractivity contribution in [3.63, 3.8) is 0 Å². The molecule has 0 nitrogen and oxygen atoms in total. The van der Waals surface area contributed by atoms with Crippen molar-refractivity contribution < 1.29 is 0 Å². The van der Waals surface area contributed by atoms with Crippen LogP contribution in [0, 0.1) is 0 Å². The van der Waals surface area contributed by atoms with E-state index in [4.69, 9.17) is 11.6 Å². The Hall–Kier alpha value is 0.170. The van der Waals surface area contributed by atoms with Crippen LogP contribution in [0.3, 0.4) is 0 Å². The third kappa shape index (κ3) is 2.70. The predicted molar refractivity (Wildman–Crippen MR) is 80.0 cm³/mol. The molecule has 0 aliphatic carbocycles. The van der Waals surface area contributed by atoms with E-state index in [1.807, 2.05) is 24.3 Å². The van der Waals surface area contributed by atoms with Crippen LogP contribution in [0.2, 0.25) is 5.02 Å². The molecule has 0 spiro atoms. The molecular weight excluding hydrogens is 419 g/mol. The van der Waals surface area contributed by atoms with Crippen LogP contribution >= 0.6 is 59.4 Å². The average molecular weight is 425 g/mol. The first kappa shape index (κ1) is 12.6. The standard InChI is InChI=1S/C12H6Br3Cl/c13-9-3-1-7(5-11(9)15)8-2-4-10(14)12(16)6-8/h1-6H. The quantitative estimate of drug-likeness (QED) is 0.504. The molecule has 2 rings (SSSR count). The normalized spacial score (nSPS) is 10.5. The minimum Gasteiger partial charge on any atom is -0.0831 e. The number of hydrogen-bond donors (Lipinski definition) is 0. The number of rotatable bonds is 1. The van der Waals surface area contributed by atoms with Crippen LogP contribution in [0.4, 0.5) is 0 Å². The fourth-order valence-electron chi connectivity index (χ4n) is 1.35. The van der Waals surface area contributed by atoms with Crippen molar-refractivity contribution in [2.45, 2.75) is 0 Å². The summed E-state index contributed by atoms with van der Waals surface area (Å²) in [4.78, 5) is 0. The highest BCUT2D eigenvalue weighted by Crippen LogP contribution is 2.32. The molecule has 0 amide bonds. The number of hydrogen-bond acceptors (Lipinski definition) is 0. The smallest absolute Gasteiger partial charge is 0.0554 e. The first-order valence-electron chi connectivity index (χ1n) is 4.48. The summed E-state index contributed by atoms with van der Waals surface area (Å²) in [6.45, 7) is 0. The summed E-state index contributed by atoms with van der Waals surface area (Å²) >= 11 is 16.4. The van der Waals surface area contributed by atoms with Crippen LogP contribution in [0.15, 0.2) is 49.8 Å². The van der Waals surface area contributed by atoms with Crippen LogP contribution in [0.1, 0.15) is 0 Å². The Balaban J connectivity index is 2.50. The molecule has 82 valence electrons. The Kier molecular flexibility index (Phi) is 4.11. The summed E-state index contributed by atoms with van der Waals surface area (Å²) in [5, 5.41) is 0.719. The molecule has 2 aromatic rings. The van der Waals surface area contributed by atoms with Crippen LogP contribution in [-0.4, -0.2) is 0 Å². The van der Waals surface area contributed by atoms with Gasteiger partial charge in [0, 0.05) is 13.4 Å². The van der Waals surface area contributed by atoms with Crippen molar-refractivity contribution >= 4 is 59.4 Å². The van der Waals surface area contributed by atoms with Crippen LogP contribution in [0.25, 0.3) is 11.1 Å². The fourth-order valence-corrected chi connectivity index (χ4v) is 2.40. The van der Waals surface area contributed by atoms with Gasteiger partial charge < -0.3 is 0 Å². The second kappa shape index (κ2) is 5.21. The Bertz CT molecular complexity index is 488. The van der Waals surface area contributed by atoms with Gasteiger partial charge in [-0.1, -0.05) is 23.7 Å². The lowest BCUT2D eigenvalue weighted by Crippen LogP contribution is -1.79. The third-order valence-corrected chi connectivity index (χ3v) is 5.28. The molecule has 0 bridgehead atoms. The van der Waals surface area contributed by atoms with Crippen molar-refractivity contribution in [3.8, 4) is 11.1 Å². The lowest BCUT2D eigenvalue weighted by molar-refractivity contribution is 1.55. The third-order valence-electron chi connectivity index (χ3n) is 2.17. The lowest BCUT2D eigenvalue weighted by Gasteiger charge is -2.05. The minimum absolute atomic E-state index is 0.719. The Morgan fingerprint density at radius 3 is 1.81 bits per heavy atom. The molecule has 0 aliphatic rings.